The van der Waals surface area contributed by atoms with Crippen molar-refractivity contribution in [2.45, 2.75) is 45.4 Å². The predicted octanol–water partition coefficient (Wildman–Crippen LogP) is 2.83. The first-order valence-corrected chi connectivity index (χ1v) is 10.7. The highest BCUT2D eigenvalue weighted by atomic mass is 32.8. The molecule has 0 N–H and O–H groups in total. The molecule has 0 amide bonds. The van der Waals surface area contributed by atoms with Crippen molar-refractivity contribution in [2.24, 2.45) is 0 Å². The Kier molecular flexibility index (Phi) is 5.43. The SMILES string of the molecule is CCS(=O)P(=O)(N1CCCCC1)N1CCCCC1. The van der Waals surface area contributed by atoms with Crippen LogP contribution in [0.3, 0.4) is 0 Å². The van der Waals surface area contributed by atoms with Crippen LogP contribution in [0.4, 0.5) is 0 Å². The molecule has 0 aromatic heterocycles. The summed E-state index contributed by atoms with van der Waals surface area (Å²) in [6.07, 6.45) is 6.82. The average Bonchev–Trinajstić information content (AvgIpc) is 2.47. The fourth-order valence-corrected chi connectivity index (χ4v) is 9.18. The van der Waals surface area contributed by atoms with Crippen LogP contribution in [-0.4, -0.2) is 45.5 Å². The maximum Gasteiger partial charge on any atom is 0.300 e. The molecule has 18 heavy (non-hydrogen) atoms. The van der Waals surface area contributed by atoms with Gasteiger partial charge in [-0.3, -0.25) is 4.57 Å². The summed E-state index contributed by atoms with van der Waals surface area (Å²) in [5.41, 5.74) is 0. The highest BCUT2D eigenvalue weighted by molar-refractivity contribution is 8.47. The van der Waals surface area contributed by atoms with Crippen molar-refractivity contribution < 1.29 is 8.77 Å². The second-order valence-corrected chi connectivity index (χ2v) is 11.1. The molecule has 0 aliphatic carbocycles. The van der Waals surface area contributed by atoms with Crippen LogP contribution in [0.5, 0.6) is 0 Å². The number of hydrogen-bond donors (Lipinski definition) is 0. The maximum atomic E-state index is 13.4. The first-order chi connectivity index (χ1) is 8.69. The van der Waals surface area contributed by atoms with E-state index in [9.17, 15) is 8.77 Å². The van der Waals surface area contributed by atoms with Crippen LogP contribution in [-0.2, 0) is 15.0 Å². The lowest BCUT2D eigenvalue weighted by atomic mass is 10.2. The van der Waals surface area contributed by atoms with Crippen LogP contribution in [0.1, 0.15) is 45.4 Å². The van der Waals surface area contributed by atoms with Gasteiger partial charge in [-0.25, -0.2) is 13.5 Å². The van der Waals surface area contributed by atoms with Crippen LogP contribution >= 0.6 is 6.65 Å². The molecule has 106 valence electrons. The van der Waals surface area contributed by atoms with Crippen LogP contribution in [0.2, 0.25) is 0 Å². The van der Waals surface area contributed by atoms with Gasteiger partial charge in [0, 0.05) is 31.9 Å². The van der Waals surface area contributed by atoms with Crippen molar-refractivity contribution in [3.63, 3.8) is 0 Å². The zero-order valence-corrected chi connectivity index (χ0v) is 13.1. The van der Waals surface area contributed by atoms with E-state index in [1.165, 1.54) is 12.8 Å². The Hall–Kier alpha value is 0.300. The summed E-state index contributed by atoms with van der Waals surface area (Å²) in [6, 6.07) is 0. The van der Waals surface area contributed by atoms with E-state index in [0.717, 1.165) is 51.9 Å². The van der Waals surface area contributed by atoms with Crippen molar-refractivity contribution in [2.75, 3.05) is 31.9 Å². The van der Waals surface area contributed by atoms with Crippen LogP contribution in [0.15, 0.2) is 0 Å². The fourth-order valence-electron chi connectivity index (χ4n) is 2.86. The third-order valence-corrected chi connectivity index (χ3v) is 10.9. The van der Waals surface area contributed by atoms with E-state index >= 15 is 0 Å². The lowest BCUT2D eigenvalue weighted by molar-refractivity contribution is 0.286. The van der Waals surface area contributed by atoms with E-state index in [-0.39, 0.29) is 0 Å². The highest BCUT2D eigenvalue weighted by Crippen LogP contribution is 2.58. The van der Waals surface area contributed by atoms with Gasteiger partial charge >= 0.3 is 6.65 Å². The first kappa shape index (κ1) is 14.7. The van der Waals surface area contributed by atoms with Crippen molar-refractivity contribution in [3.8, 4) is 0 Å². The summed E-state index contributed by atoms with van der Waals surface area (Å²) < 4.78 is 29.9. The lowest BCUT2D eigenvalue weighted by Gasteiger charge is -2.41. The molecule has 2 heterocycles. The standard InChI is InChI=1S/C12H25N2O2PS/c1-2-18(16)17(15,13-9-5-3-6-10-13)14-11-7-4-8-12-14/h2-12H2,1H3. The van der Waals surface area contributed by atoms with E-state index in [2.05, 4.69) is 9.34 Å². The van der Waals surface area contributed by atoms with Gasteiger partial charge in [-0.1, -0.05) is 19.8 Å². The minimum atomic E-state index is -2.82. The Morgan fingerprint density at radius 1 is 0.889 bits per heavy atom. The summed E-state index contributed by atoms with van der Waals surface area (Å²) in [4.78, 5) is 0. The van der Waals surface area contributed by atoms with Crippen molar-refractivity contribution in [1.29, 1.82) is 0 Å². The molecule has 2 saturated heterocycles. The third-order valence-electron chi connectivity index (χ3n) is 3.89. The van der Waals surface area contributed by atoms with Crippen molar-refractivity contribution in [3.05, 3.63) is 0 Å². The van der Waals surface area contributed by atoms with Crippen molar-refractivity contribution >= 4 is 17.1 Å². The largest absolute Gasteiger partial charge is 0.300 e. The Morgan fingerprint density at radius 3 is 1.61 bits per heavy atom. The Labute approximate surface area is 113 Å². The van der Waals surface area contributed by atoms with E-state index in [1.807, 2.05) is 6.92 Å². The monoisotopic (exact) mass is 292 g/mol. The molecular formula is C12H25N2O2PS. The molecule has 2 aliphatic heterocycles. The van der Waals surface area contributed by atoms with E-state index in [4.69, 9.17) is 0 Å². The predicted molar refractivity (Wildman–Crippen MR) is 77.1 cm³/mol. The Balaban J connectivity index is 2.20. The fraction of sp³-hybridized carbons (Fsp3) is 1.00. The number of hydrogen-bond acceptors (Lipinski definition) is 2. The van der Waals surface area contributed by atoms with Crippen LogP contribution in [0.25, 0.3) is 0 Å². The molecule has 0 radical (unpaired) electrons. The molecule has 6 heteroatoms. The van der Waals surface area contributed by atoms with Gasteiger partial charge in [-0.15, -0.1) is 0 Å². The quantitative estimate of drug-likeness (QED) is 0.747. The average molecular weight is 292 g/mol. The molecule has 1 unspecified atom stereocenters. The zero-order chi connectivity index (χ0) is 13.0. The first-order valence-electron chi connectivity index (χ1n) is 7.19. The van der Waals surface area contributed by atoms with Crippen LogP contribution < -0.4 is 0 Å². The van der Waals surface area contributed by atoms with Crippen LogP contribution in [0, 0.1) is 0 Å². The third kappa shape index (κ3) is 2.90. The normalized spacial score (nSPS) is 26.1. The molecule has 0 saturated carbocycles. The van der Waals surface area contributed by atoms with Gasteiger partial charge in [-0.2, -0.15) is 0 Å². The zero-order valence-electron chi connectivity index (χ0n) is 11.3. The molecule has 4 nitrogen and oxygen atoms in total. The summed E-state index contributed by atoms with van der Waals surface area (Å²) in [6.45, 7) is 2.51. The number of piperidine rings is 2. The highest BCUT2D eigenvalue weighted by Gasteiger charge is 2.42. The van der Waals surface area contributed by atoms with Gasteiger partial charge in [0.2, 0.25) is 0 Å². The minimum Gasteiger partial charge on any atom is -0.274 e. The second-order valence-electron chi connectivity index (χ2n) is 5.13. The molecule has 0 spiro atoms. The molecule has 2 aliphatic rings. The maximum absolute atomic E-state index is 13.4. The Morgan fingerprint density at radius 2 is 1.28 bits per heavy atom. The number of nitrogens with zero attached hydrogens (tertiary/aromatic N) is 2. The smallest absolute Gasteiger partial charge is 0.274 e. The number of rotatable bonds is 4. The van der Waals surface area contributed by atoms with Gasteiger partial charge in [-0.05, 0) is 25.7 Å². The van der Waals surface area contributed by atoms with E-state index in [1.54, 1.807) is 0 Å². The molecule has 2 fully saturated rings. The molecular weight excluding hydrogens is 267 g/mol. The summed E-state index contributed by atoms with van der Waals surface area (Å²) in [7, 11) is -1.22. The summed E-state index contributed by atoms with van der Waals surface area (Å²) in [5.74, 6) is 0.504. The van der Waals surface area contributed by atoms with Gasteiger partial charge in [0.05, 0.1) is 0 Å². The lowest BCUT2D eigenvalue weighted by Crippen LogP contribution is -2.39. The molecule has 1 atom stereocenters. The van der Waals surface area contributed by atoms with Gasteiger partial charge in [0.1, 0.15) is 10.4 Å². The van der Waals surface area contributed by atoms with Gasteiger partial charge in [0.15, 0.2) is 0 Å². The summed E-state index contributed by atoms with van der Waals surface area (Å²) in [5, 5.41) is 0. The topological polar surface area (TPSA) is 40.6 Å². The minimum absolute atomic E-state index is 0.504. The molecule has 0 aromatic carbocycles. The molecule has 2 rings (SSSR count). The van der Waals surface area contributed by atoms with E-state index in [0.29, 0.717) is 5.75 Å². The molecule has 0 bridgehead atoms. The summed E-state index contributed by atoms with van der Waals surface area (Å²) >= 11 is 0. The van der Waals surface area contributed by atoms with Gasteiger partial charge in [0.25, 0.3) is 0 Å². The van der Waals surface area contributed by atoms with Crippen molar-refractivity contribution in [1.82, 2.24) is 9.34 Å². The Bertz CT molecular complexity index is 317. The van der Waals surface area contributed by atoms with E-state index < -0.39 is 17.1 Å². The van der Waals surface area contributed by atoms with Gasteiger partial charge < -0.3 is 0 Å². The molecule has 0 aromatic rings. The second kappa shape index (κ2) is 6.65.